The molecule has 3 aromatic rings. The number of hydrazone groups is 1. The summed E-state index contributed by atoms with van der Waals surface area (Å²) in [6.45, 7) is 6.28. The van der Waals surface area contributed by atoms with Crippen molar-refractivity contribution in [3.8, 4) is 10.6 Å². The second-order valence-electron chi connectivity index (χ2n) is 5.34. The molecular weight excluding hydrogens is 306 g/mol. The Hall–Kier alpha value is -2.60. The molecule has 0 aliphatic rings. The Morgan fingerprint density at radius 1 is 1.13 bits per heavy atom. The van der Waals surface area contributed by atoms with E-state index in [0.29, 0.717) is 5.13 Å². The minimum absolute atomic E-state index is 0.655. The minimum Gasteiger partial charge on any atom is -0.264 e. The lowest BCUT2D eigenvalue weighted by Gasteiger charge is -2.06. The molecule has 116 valence electrons. The van der Waals surface area contributed by atoms with Gasteiger partial charge in [0.1, 0.15) is 0 Å². The predicted molar refractivity (Wildman–Crippen MR) is 95.0 cm³/mol. The molecule has 1 N–H and O–H groups in total. The van der Waals surface area contributed by atoms with Gasteiger partial charge in [0, 0.05) is 23.5 Å². The number of hydrogen-bond acceptors (Lipinski definition) is 6. The summed E-state index contributed by atoms with van der Waals surface area (Å²) in [6.07, 6.45) is 5.34. The zero-order chi connectivity index (χ0) is 16.2. The van der Waals surface area contributed by atoms with E-state index in [-0.39, 0.29) is 0 Å². The Labute approximate surface area is 139 Å². The molecule has 0 atom stereocenters. The van der Waals surface area contributed by atoms with Crippen molar-refractivity contribution >= 4 is 22.7 Å². The van der Waals surface area contributed by atoms with Crippen molar-refractivity contribution in [1.29, 1.82) is 0 Å². The van der Waals surface area contributed by atoms with Crippen molar-refractivity contribution in [2.45, 2.75) is 20.8 Å². The van der Waals surface area contributed by atoms with Gasteiger partial charge in [0.05, 0.1) is 6.21 Å². The highest BCUT2D eigenvalue weighted by atomic mass is 32.1. The fraction of sp³-hybridized carbons (Fsp3) is 0.176. The molecule has 0 aliphatic carbocycles. The molecule has 0 aliphatic heterocycles. The van der Waals surface area contributed by atoms with Crippen LogP contribution in [0.5, 0.6) is 0 Å². The van der Waals surface area contributed by atoms with E-state index >= 15 is 0 Å². The molecule has 6 heteroatoms. The van der Waals surface area contributed by atoms with Crippen LogP contribution in [0.3, 0.4) is 0 Å². The van der Waals surface area contributed by atoms with Crippen molar-refractivity contribution in [1.82, 2.24) is 15.2 Å². The Balaban J connectivity index is 1.73. The average molecular weight is 323 g/mol. The smallest absolute Gasteiger partial charge is 0.226 e. The summed E-state index contributed by atoms with van der Waals surface area (Å²) in [4.78, 5) is 4.09. The van der Waals surface area contributed by atoms with Gasteiger partial charge in [-0.15, -0.1) is 10.2 Å². The van der Waals surface area contributed by atoms with Gasteiger partial charge in [0.2, 0.25) is 5.13 Å². The predicted octanol–water partition coefficient (Wildman–Crippen LogP) is 3.97. The Morgan fingerprint density at radius 2 is 1.91 bits per heavy atom. The average Bonchev–Trinajstić information content (AvgIpc) is 2.99. The summed E-state index contributed by atoms with van der Waals surface area (Å²) in [6, 6.07) is 8.14. The first-order chi connectivity index (χ1) is 11.1. The maximum atomic E-state index is 4.29. The number of aryl methyl sites for hydroxylation is 3. The zero-order valence-corrected chi connectivity index (χ0v) is 14.1. The van der Waals surface area contributed by atoms with Crippen molar-refractivity contribution in [3.05, 3.63) is 58.9 Å². The number of benzene rings is 1. The summed E-state index contributed by atoms with van der Waals surface area (Å²) in [7, 11) is 0. The fourth-order valence-corrected chi connectivity index (χ4v) is 3.10. The van der Waals surface area contributed by atoms with E-state index in [4.69, 9.17) is 0 Å². The Morgan fingerprint density at radius 3 is 2.61 bits per heavy atom. The van der Waals surface area contributed by atoms with Crippen molar-refractivity contribution in [2.75, 3.05) is 5.43 Å². The molecule has 0 fully saturated rings. The number of rotatable bonds is 4. The number of aromatic nitrogens is 3. The van der Waals surface area contributed by atoms with Crippen LogP contribution in [0.4, 0.5) is 5.13 Å². The van der Waals surface area contributed by atoms with Crippen LogP contribution in [-0.4, -0.2) is 21.4 Å². The van der Waals surface area contributed by atoms with Crippen molar-refractivity contribution in [3.63, 3.8) is 0 Å². The quantitative estimate of drug-likeness (QED) is 0.583. The molecular formula is C17H17N5S. The molecule has 3 rings (SSSR count). The molecule has 0 amide bonds. The van der Waals surface area contributed by atoms with E-state index in [9.17, 15) is 0 Å². The van der Waals surface area contributed by atoms with Crippen LogP contribution < -0.4 is 5.43 Å². The van der Waals surface area contributed by atoms with E-state index < -0.39 is 0 Å². The van der Waals surface area contributed by atoms with Crippen LogP contribution in [0.25, 0.3) is 10.6 Å². The van der Waals surface area contributed by atoms with Gasteiger partial charge in [0.15, 0.2) is 5.01 Å². The lowest BCUT2D eigenvalue weighted by Crippen LogP contribution is -1.96. The van der Waals surface area contributed by atoms with Crippen LogP contribution in [-0.2, 0) is 0 Å². The summed E-state index contributed by atoms with van der Waals surface area (Å²) < 4.78 is 0. The first-order valence-electron chi connectivity index (χ1n) is 7.24. The molecule has 5 nitrogen and oxygen atoms in total. The van der Waals surface area contributed by atoms with Gasteiger partial charge in [-0.3, -0.25) is 10.4 Å². The molecule has 0 saturated heterocycles. The van der Waals surface area contributed by atoms with Gasteiger partial charge >= 0.3 is 0 Å². The van der Waals surface area contributed by atoms with Gasteiger partial charge in [0.25, 0.3) is 0 Å². The molecule has 1 aromatic carbocycles. The number of hydrogen-bond donors (Lipinski definition) is 1. The molecule has 0 saturated carbocycles. The third-order valence-corrected chi connectivity index (χ3v) is 4.30. The van der Waals surface area contributed by atoms with Crippen LogP contribution in [0.15, 0.2) is 41.8 Å². The molecule has 2 aromatic heterocycles. The highest BCUT2D eigenvalue weighted by Gasteiger charge is 2.06. The summed E-state index contributed by atoms with van der Waals surface area (Å²) in [5.41, 5.74) is 8.70. The van der Waals surface area contributed by atoms with Gasteiger partial charge in [-0.05, 0) is 44.0 Å². The van der Waals surface area contributed by atoms with Gasteiger partial charge < -0.3 is 0 Å². The normalized spacial score (nSPS) is 11.1. The fourth-order valence-electron chi connectivity index (χ4n) is 2.42. The van der Waals surface area contributed by atoms with Gasteiger partial charge in [-0.1, -0.05) is 29.0 Å². The molecule has 23 heavy (non-hydrogen) atoms. The molecule has 2 heterocycles. The summed E-state index contributed by atoms with van der Waals surface area (Å²) >= 11 is 1.44. The maximum Gasteiger partial charge on any atom is 0.226 e. The lowest BCUT2D eigenvalue weighted by molar-refractivity contribution is 1.08. The second-order valence-corrected chi connectivity index (χ2v) is 6.31. The highest BCUT2D eigenvalue weighted by molar-refractivity contribution is 7.18. The summed E-state index contributed by atoms with van der Waals surface area (Å²) in [5.74, 6) is 0. The molecule has 0 spiro atoms. The number of nitrogens with zero attached hydrogens (tertiary/aromatic N) is 4. The number of nitrogens with one attached hydrogen (secondary N) is 1. The Kier molecular flexibility index (Phi) is 4.43. The Bertz CT molecular complexity index is 816. The van der Waals surface area contributed by atoms with E-state index in [2.05, 4.69) is 58.6 Å². The van der Waals surface area contributed by atoms with Crippen LogP contribution in [0.2, 0.25) is 0 Å². The minimum atomic E-state index is 0.655. The standard InChI is InChI=1S/C17H17N5S/c1-11-7-12(2)15(13(3)8-11)10-19-21-17-22-20-16(23-17)14-5-4-6-18-9-14/h4-10H,1-3H3,(H,21,22)/b19-10+. The highest BCUT2D eigenvalue weighted by Crippen LogP contribution is 2.25. The van der Waals surface area contributed by atoms with E-state index in [1.165, 1.54) is 28.0 Å². The van der Waals surface area contributed by atoms with Crippen LogP contribution in [0.1, 0.15) is 22.3 Å². The lowest BCUT2D eigenvalue weighted by atomic mass is 10.0. The largest absolute Gasteiger partial charge is 0.264 e. The SMILES string of the molecule is Cc1cc(C)c(/C=N/Nc2nnc(-c3cccnc3)s2)c(C)c1. The van der Waals surface area contributed by atoms with Crippen molar-refractivity contribution in [2.24, 2.45) is 5.10 Å². The third-order valence-electron chi connectivity index (χ3n) is 3.43. The monoisotopic (exact) mass is 323 g/mol. The van der Waals surface area contributed by atoms with Crippen molar-refractivity contribution < 1.29 is 0 Å². The zero-order valence-electron chi connectivity index (χ0n) is 13.2. The summed E-state index contributed by atoms with van der Waals surface area (Å²) in [5, 5.41) is 14.0. The van der Waals surface area contributed by atoms with Crippen LogP contribution in [0, 0.1) is 20.8 Å². The molecule has 0 radical (unpaired) electrons. The second kappa shape index (κ2) is 6.66. The van der Waals surface area contributed by atoms with Gasteiger partial charge in [-0.25, -0.2) is 0 Å². The first kappa shape index (κ1) is 15.3. The van der Waals surface area contributed by atoms with E-state index in [0.717, 1.165) is 16.1 Å². The third kappa shape index (κ3) is 3.60. The number of anilines is 1. The molecule has 0 unspecified atom stereocenters. The first-order valence-corrected chi connectivity index (χ1v) is 8.06. The molecule has 0 bridgehead atoms. The van der Waals surface area contributed by atoms with Gasteiger partial charge in [-0.2, -0.15) is 5.10 Å². The maximum absolute atomic E-state index is 4.29. The van der Waals surface area contributed by atoms with E-state index in [1.807, 2.05) is 18.3 Å². The topological polar surface area (TPSA) is 63.1 Å². The van der Waals surface area contributed by atoms with E-state index in [1.54, 1.807) is 12.4 Å². The van der Waals surface area contributed by atoms with Crippen LogP contribution >= 0.6 is 11.3 Å². The number of pyridine rings is 1.